The Morgan fingerprint density at radius 1 is 1.31 bits per heavy atom. The lowest BCUT2D eigenvalue weighted by molar-refractivity contribution is -0.138. The summed E-state index contributed by atoms with van der Waals surface area (Å²) in [5.41, 5.74) is 2.07. The first-order valence-electron chi connectivity index (χ1n) is 8.78. The maximum Gasteiger partial charge on any atom is 0.244 e. The summed E-state index contributed by atoms with van der Waals surface area (Å²) in [7, 11) is 1.87. The predicted molar refractivity (Wildman–Crippen MR) is 104 cm³/mol. The maximum atomic E-state index is 13.3. The fourth-order valence-corrected chi connectivity index (χ4v) is 3.70. The third-order valence-corrected chi connectivity index (χ3v) is 5.30. The molecule has 0 unspecified atom stereocenters. The second-order valence-electron chi connectivity index (χ2n) is 6.38. The number of hydrogen-bond acceptors (Lipinski definition) is 5. The molecule has 3 rings (SSSR count). The van der Waals surface area contributed by atoms with Gasteiger partial charge in [0.15, 0.2) is 0 Å². The summed E-state index contributed by atoms with van der Waals surface area (Å²) in [5.74, 6) is 0.0921. The second kappa shape index (κ2) is 9.16. The highest BCUT2D eigenvalue weighted by molar-refractivity contribution is 7.98. The van der Waals surface area contributed by atoms with E-state index in [0.717, 1.165) is 24.2 Å². The molecule has 1 aromatic heterocycles. The maximum absolute atomic E-state index is 13.3. The van der Waals surface area contributed by atoms with Gasteiger partial charge >= 0.3 is 0 Å². The highest BCUT2D eigenvalue weighted by atomic mass is 32.2. The van der Waals surface area contributed by atoms with Crippen molar-refractivity contribution >= 4 is 17.7 Å². The van der Waals surface area contributed by atoms with E-state index in [4.69, 9.17) is 4.74 Å². The Kier molecular flexibility index (Phi) is 6.66. The Hall–Kier alpha value is -1.89. The molecule has 1 saturated heterocycles. The third-order valence-electron chi connectivity index (χ3n) is 4.58. The van der Waals surface area contributed by atoms with E-state index in [1.165, 1.54) is 4.90 Å². The van der Waals surface area contributed by atoms with Crippen LogP contribution in [-0.4, -0.2) is 60.3 Å². The van der Waals surface area contributed by atoms with Crippen molar-refractivity contribution in [3.8, 4) is 0 Å². The molecule has 0 radical (unpaired) electrons. The lowest BCUT2D eigenvalue weighted by Crippen LogP contribution is -2.46. The lowest BCUT2D eigenvalue weighted by Gasteiger charge is -2.35. The topological polar surface area (TPSA) is 45.7 Å². The van der Waals surface area contributed by atoms with Crippen LogP contribution in [0.3, 0.4) is 0 Å². The quantitative estimate of drug-likeness (QED) is 0.731. The summed E-state index contributed by atoms with van der Waals surface area (Å²) in [6, 6.07) is 11.9. The van der Waals surface area contributed by atoms with E-state index in [1.54, 1.807) is 24.2 Å². The van der Waals surface area contributed by atoms with Gasteiger partial charge in [0.2, 0.25) is 5.91 Å². The van der Waals surface area contributed by atoms with E-state index in [-0.39, 0.29) is 11.9 Å². The summed E-state index contributed by atoms with van der Waals surface area (Å²) in [5, 5.41) is 0. The SMILES string of the molecule is CSc1cccc(CN(C)C(=O)[C@H](c2cccnc2)N2CCOCC2)c1. The largest absolute Gasteiger partial charge is 0.379 e. The molecule has 0 aliphatic carbocycles. The number of aromatic nitrogens is 1. The Bertz CT molecular complexity index is 720. The van der Waals surface area contributed by atoms with E-state index in [2.05, 4.69) is 34.3 Å². The number of likely N-dealkylation sites (N-methyl/N-ethyl adjacent to an activating group) is 1. The molecule has 0 spiro atoms. The number of amides is 1. The average Bonchev–Trinajstić information content (AvgIpc) is 2.70. The van der Waals surface area contributed by atoms with Crippen molar-refractivity contribution in [2.24, 2.45) is 0 Å². The van der Waals surface area contributed by atoms with Gasteiger partial charge in [-0.05, 0) is 35.6 Å². The second-order valence-corrected chi connectivity index (χ2v) is 7.26. The highest BCUT2D eigenvalue weighted by Gasteiger charge is 2.31. The number of rotatable bonds is 6. The zero-order valence-corrected chi connectivity index (χ0v) is 16.1. The van der Waals surface area contributed by atoms with Crippen molar-refractivity contribution in [2.75, 3.05) is 39.6 Å². The van der Waals surface area contributed by atoms with Gasteiger partial charge in [-0.25, -0.2) is 0 Å². The number of carbonyl (C=O) groups excluding carboxylic acids is 1. The van der Waals surface area contributed by atoms with Crippen molar-refractivity contribution in [2.45, 2.75) is 17.5 Å². The first kappa shape index (κ1) is 18.9. The van der Waals surface area contributed by atoms with Crippen molar-refractivity contribution in [1.82, 2.24) is 14.8 Å². The predicted octanol–water partition coefficient (Wildman–Crippen LogP) is 2.84. The first-order chi connectivity index (χ1) is 12.7. The summed E-state index contributed by atoms with van der Waals surface area (Å²) in [4.78, 5) is 22.7. The molecule has 2 aromatic rings. The number of thioether (sulfide) groups is 1. The number of ether oxygens (including phenoxy) is 1. The molecule has 0 saturated carbocycles. The van der Waals surface area contributed by atoms with Crippen molar-refractivity contribution in [1.29, 1.82) is 0 Å². The summed E-state index contributed by atoms with van der Waals surface area (Å²) >= 11 is 1.71. The highest BCUT2D eigenvalue weighted by Crippen LogP contribution is 2.24. The van der Waals surface area contributed by atoms with Gasteiger partial charge in [-0.1, -0.05) is 18.2 Å². The Balaban J connectivity index is 1.79. The third kappa shape index (κ3) is 4.63. The van der Waals surface area contributed by atoms with Gasteiger partial charge in [0.05, 0.1) is 13.2 Å². The molecule has 1 aromatic carbocycles. The molecule has 1 aliphatic heterocycles. The molecular weight excluding hydrogens is 346 g/mol. The minimum absolute atomic E-state index is 0.0921. The zero-order chi connectivity index (χ0) is 18.4. The Morgan fingerprint density at radius 3 is 2.81 bits per heavy atom. The molecule has 1 atom stereocenters. The number of benzene rings is 1. The van der Waals surface area contributed by atoms with E-state index in [9.17, 15) is 4.79 Å². The van der Waals surface area contributed by atoms with Crippen LogP contribution in [0.25, 0.3) is 0 Å². The molecule has 138 valence electrons. The normalized spacial score (nSPS) is 16.2. The van der Waals surface area contributed by atoms with Crippen molar-refractivity contribution in [3.63, 3.8) is 0 Å². The zero-order valence-electron chi connectivity index (χ0n) is 15.3. The van der Waals surface area contributed by atoms with Crippen LogP contribution in [0, 0.1) is 0 Å². The molecule has 1 fully saturated rings. The van der Waals surface area contributed by atoms with Crippen LogP contribution in [-0.2, 0) is 16.1 Å². The Labute approximate surface area is 159 Å². The van der Waals surface area contributed by atoms with Gasteiger partial charge in [-0.2, -0.15) is 0 Å². The summed E-state index contributed by atoms with van der Waals surface area (Å²) in [6.45, 7) is 3.41. The molecule has 2 heterocycles. The van der Waals surface area contributed by atoms with Crippen LogP contribution in [0.1, 0.15) is 17.2 Å². The average molecular weight is 372 g/mol. The molecule has 1 aliphatic rings. The fraction of sp³-hybridized carbons (Fsp3) is 0.400. The van der Waals surface area contributed by atoms with Crippen LogP contribution in [0.5, 0.6) is 0 Å². The molecule has 0 bridgehead atoms. The van der Waals surface area contributed by atoms with E-state index in [1.807, 2.05) is 30.1 Å². The van der Waals surface area contributed by atoms with Gasteiger partial charge in [0, 0.05) is 44.0 Å². The Morgan fingerprint density at radius 2 is 2.12 bits per heavy atom. The molecule has 0 N–H and O–H groups in total. The molecule has 26 heavy (non-hydrogen) atoms. The van der Waals surface area contributed by atoms with E-state index in [0.29, 0.717) is 19.8 Å². The first-order valence-corrected chi connectivity index (χ1v) is 10.0. The number of carbonyl (C=O) groups is 1. The lowest BCUT2D eigenvalue weighted by atomic mass is 10.0. The number of pyridine rings is 1. The van der Waals surface area contributed by atoms with E-state index < -0.39 is 0 Å². The van der Waals surface area contributed by atoms with Crippen LogP contribution in [0.2, 0.25) is 0 Å². The van der Waals surface area contributed by atoms with Crippen LogP contribution in [0.4, 0.5) is 0 Å². The van der Waals surface area contributed by atoms with Gasteiger partial charge in [-0.3, -0.25) is 14.7 Å². The van der Waals surface area contributed by atoms with Crippen molar-refractivity contribution < 1.29 is 9.53 Å². The fourth-order valence-electron chi connectivity index (χ4n) is 3.21. The van der Waals surface area contributed by atoms with Gasteiger partial charge < -0.3 is 9.64 Å². The van der Waals surface area contributed by atoms with Gasteiger partial charge in [0.25, 0.3) is 0 Å². The number of hydrogen-bond donors (Lipinski definition) is 0. The van der Waals surface area contributed by atoms with Crippen LogP contribution in [0.15, 0.2) is 53.7 Å². The standard InChI is InChI=1S/C20H25N3O2S/c1-22(15-16-5-3-7-18(13-16)26-2)20(24)19(17-6-4-8-21-14-17)23-9-11-25-12-10-23/h3-8,13-14,19H,9-12,15H2,1-2H3/t19-/m0/s1. The van der Waals surface area contributed by atoms with Crippen LogP contribution < -0.4 is 0 Å². The molecule has 5 nitrogen and oxygen atoms in total. The minimum atomic E-state index is -0.318. The van der Waals surface area contributed by atoms with Gasteiger partial charge in [-0.15, -0.1) is 11.8 Å². The summed E-state index contributed by atoms with van der Waals surface area (Å²) in [6.07, 6.45) is 5.59. The van der Waals surface area contributed by atoms with Gasteiger partial charge in [0.1, 0.15) is 6.04 Å². The van der Waals surface area contributed by atoms with Crippen LogP contribution >= 0.6 is 11.8 Å². The molecule has 6 heteroatoms. The monoisotopic (exact) mass is 371 g/mol. The summed E-state index contributed by atoms with van der Waals surface area (Å²) < 4.78 is 5.46. The minimum Gasteiger partial charge on any atom is -0.379 e. The number of morpholine rings is 1. The smallest absolute Gasteiger partial charge is 0.244 e. The molecular formula is C20H25N3O2S. The number of nitrogens with zero attached hydrogens (tertiary/aromatic N) is 3. The van der Waals surface area contributed by atoms with Crippen molar-refractivity contribution in [3.05, 3.63) is 59.9 Å². The van der Waals surface area contributed by atoms with E-state index >= 15 is 0 Å². The molecule has 1 amide bonds.